The van der Waals surface area contributed by atoms with Crippen molar-refractivity contribution in [2.75, 3.05) is 32.1 Å². The number of ether oxygens (including phenoxy) is 1. The van der Waals surface area contributed by atoms with Crippen LogP contribution in [-0.2, 0) is 9.53 Å². The van der Waals surface area contributed by atoms with E-state index in [1.54, 1.807) is 11.4 Å². The zero-order valence-corrected chi connectivity index (χ0v) is 12.7. The molecule has 1 aliphatic rings. The molecule has 1 amide bonds. The molecule has 110 valence electrons. The number of carbonyl (C=O) groups is 2. The van der Waals surface area contributed by atoms with Crippen molar-refractivity contribution in [1.29, 1.82) is 0 Å². The average molecular weight is 296 g/mol. The van der Waals surface area contributed by atoms with Crippen LogP contribution < -0.4 is 5.32 Å². The van der Waals surface area contributed by atoms with E-state index in [0.717, 1.165) is 31.8 Å². The quantitative estimate of drug-likeness (QED) is 0.865. The molecule has 1 saturated heterocycles. The van der Waals surface area contributed by atoms with E-state index < -0.39 is 5.97 Å². The van der Waals surface area contributed by atoms with Crippen LogP contribution in [0.25, 0.3) is 0 Å². The van der Waals surface area contributed by atoms with Crippen LogP contribution in [0.15, 0.2) is 11.4 Å². The molecule has 0 radical (unpaired) electrons. The van der Waals surface area contributed by atoms with Crippen molar-refractivity contribution in [3.8, 4) is 0 Å². The summed E-state index contributed by atoms with van der Waals surface area (Å²) in [4.78, 5) is 25.7. The molecule has 0 aliphatic carbocycles. The Morgan fingerprint density at radius 1 is 1.45 bits per heavy atom. The molecule has 1 aliphatic heterocycles. The summed E-state index contributed by atoms with van der Waals surface area (Å²) in [5.41, 5.74) is 0.415. The van der Waals surface area contributed by atoms with E-state index in [-0.39, 0.29) is 5.91 Å². The molecule has 1 aromatic rings. The standard InChI is InChI=1S/C14H20N2O3S/c1-10-3-6-16(7-4-10)9-12(17)15-13-11(5-8-20-13)14(18)19-2/h5,8,10H,3-4,6-7,9H2,1-2H3,(H,15,17). The number of hydrogen-bond donors (Lipinski definition) is 1. The minimum Gasteiger partial charge on any atom is -0.465 e. The first-order valence-electron chi connectivity index (χ1n) is 6.78. The van der Waals surface area contributed by atoms with Crippen molar-refractivity contribution in [1.82, 2.24) is 4.90 Å². The summed E-state index contributed by atoms with van der Waals surface area (Å²) >= 11 is 1.33. The maximum atomic E-state index is 12.0. The van der Waals surface area contributed by atoms with Crippen molar-refractivity contribution in [3.63, 3.8) is 0 Å². The molecule has 1 N–H and O–H groups in total. The first-order chi connectivity index (χ1) is 9.60. The van der Waals surface area contributed by atoms with Gasteiger partial charge in [-0.05, 0) is 43.3 Å². The van der Waals surface area contributed by atoms with Gasteiger partial charge < -0.3 is 10.1 Å². The van der Waals surface area contributed by atoms with Crippen molar-refractivity contribution in [2.24, 2.45) is 5.92 Å². The molecule has 1 aromatic heterocycles. The number of nitrogens with one attached hydrogen (secondary N) is 1. The zero-order chi connectivity index (χ0) is 14.5. The van der Waals surface area contributed by atoms with Crippen LogP contribution in [0, 0.1) is 5.92 Å². The number of thiophene rings is 1. The van der Waals surface area contributed by atoms with Crippen LogP contribution in [0.1, 0.15) is 30.1 Å². The van der Waals surface area contributed by atoms with Crippen molar-refractivity contribution in [2.45, 2.75) is 19.8 Å². The maximum Gasteiger partial charge on any atom is 0.340 e. The molecule has 0 bridgehead atoms. The van der Waals surface area contributed by atoms with Gasteiger partial charge in [0.1, 0.15) is 5.00 Å². The van der Waals surface area contributed by atoms with Gasteiger partial charge in [-0.3, -0.25) is 9.69 Å². The molecule has 0 saturated carbocycles. The van der Waals surface area contributed by atoms with Crippen molar-refractivity contribution in [3.05, 3.63) is 17.0 Å². The first-order valence-corrected chi connectivity index (χ1v) is 7.66. The summed E-state index contributed by atoms with van der Waals surface area (Å²) < 4.78 is 4.68. The van der Waals surface area contributed by atoms with Gasteiger partial charge in [0.25, 0.3) is 0 Å². The number of methoxy groups -OCH3 is 1. The Morgan fingerprint density at radius 3 is 2.80 bits per heavy atom. The van der Waals surface area contributed by atoms with E-state index in [0.29, 0.717) is 17.1 Å². The molecule has 0 atom stereocenters. The van der Waals surface area contributed by atoms with E-state index in [2.05, 4.69) is 21.9 Å². The van der Waals surface area contributed by atoms with Crippen LogP contribution >= 0.6 is 11.3 Å². The van der Waals surface area contributed by atoms with Gasteiger partial charge in [0.2, 0.25) is 5.91 Å². The Morgan fingerprint density at radius 2 is 2.15 bits per heavy atom. The lowest BCUT2D eigenvalue weighted by atomic mass is 9.99. The van der Waals surface area contributed by atoms with Gasteiger partial charge in [-0.2, -0.15) is 0 Å². The zero-order valence-electron chi connectivity index (χ0n) is 11.8. The Labute approximate surface area is 122 Å². The van der Waals surface area contributed by atoms with E-state index in [1.165, 1.54) is 18.4 Å². The fourth-order valence-electron chi connectivity index (χ4n) is 2.27. The molecular weight excluding hydrogens is 276 g/mol. The summed E-state index contributed by atoms with van der Waals surface area (Å²) in [6, 6.07) is 1.66. The third-order valence-corrected chi connectivity index (χ3v) is 4.40. The Hall–Kier alpha value is -1.40. The van der Waals surface area contributed by atoms with E-state index in [4.69, 9.17) is 0 Å². The molecule has 1 fully saturated rings. The van der Waals surface area contributed by atoms with E-state index in [1.807, 2.05) is 0 Å². The van der Waals surface area contributed by atoms with E-state index in [9.17, 15) is 9.59 Å². The first kappa shape index (κ1) is 15.0. The number of esters is 1. The normalized spacial score (nSPS) is 16.9. The highest BCUT2D eigenvalue weighted by Crippen LogP contribution is 2.24. The lowest BCUT2D eigenvalue weighted by Crippen LogP contribution is -2.38. The average Bonchev–Trinajstić information content (AvgIpc) is 2.88. The van der Waals surface area contributed by atoms with Gasteiger partial charge in [-0.25, -0.2) is 4.79 Å². The van der Waals surface area contributed by atoms with Crippen LogP contribution in [-0.4, -0.2) is 43.5 Å². The molecule has 20 heavy (non-hydrogen) atoms. The van der Waals surface area contributed by atoms with Crippen molar-refractivity contribution < 1.29 is 14.3 Å². The fraction of sp³-hybridized carbons (Fsp3) is 0.571. The smallest absolute Gasteiger partial charge is 0.340 e. The van der Waals surface area contributed by atoms with Crippen LogP contribution in [0.2, 0.25) is 0 Å². The molecule has 2 heterocycles. The molecule has 0 unspecified atom stereocenters. The second kappa shape index (κ2) is 6.85. The number of amides is 1. The Balaban J connectivity index is 1.88. The predicted molar refractivity (Wildman–Crippen MR) is 79.1 cm³/mol. The Kier molecular flexibility index (Phi) is 5.14. The van der Waals surface area contributed by atoms with Gasteiger partial charge in [0.15, 0.2) is 0 Å². The van der Waals surface area contributed by atoms with Crippen molar-refractivity contribution >= 4 is 28.2 Å². The molecular formula is C14H20N2O3S. The van der Waals surface area contributed by atoms with Gasteiger partial charge in [-0.1, -0.05) is 6.92 Å². The molecule has 0 spiro atoms. The third kappa shape index (κ3) is 3.80. The highest BCUT2D eigenvalue weighted by Gasteiger charge is 2.20. The van der Waals surface area contributed by atoms with Gasteiger partial charge >= 0.3 is 5.97 Å². The van der Waals surface area contributed by atoms with Crippen LogP contribution in [0.4, 0.5) is 5.00 Å². The topological polar surface area (TPSA) is 58.6 Å². The fourth-order valence-corrected chi connectivity index (χ4v) is 3.06. The molecule has 6 heteroatoms. The number of anilines is 1. The SMILES string of the molecule is COC(=O)c1ccsc1NC(=O)CN1CCC(C)CC1. The number of nitrogens with zero attached hydrogens (tertiary/aromatic N) is 1. The summed E-state index contributed by atoms with van der Waals surface area (Å²) in [5, 5.41) is 5.13. The number of hydrogen-bond acceptors (Lipinski definition) is 5. The summed E-state index contributed by atoms with van der Waals surface area (Å²) in [6.45, 7) is 4.54. The molecule has 5 nitrogen and oxygen atoms in total. The van der Waals surface area contributed by atoms with E-state index >= 15 is 0 Å². The molecule has 2 rings (SSSR count). The molecule has 0 aromatic carbocycles. The van der Waals surface area contributed by atoms with Gasteiger partial charge in [-0.15, -0.1) is 11.3 Å². The van der Waals surface area contributed by atoms with Crippen LogP contribution in [0.3, 0.4) is 0 Å². The Bertz CT molecular complexity index is 479. The van der Waals surface area contributed by atoms with Crippen LogP contribution in [0.5, 0.6) is 0 Å². The highest BCUT2D eigenvalue weighted by atomic mass is 32.1. The minimum atomic E-state index is -0.423. The maximum absolute atomic E-state index is 12.0. The predicted octanol–water partition coefficient (Wildman–Crippen LogP) is 2.21. The largest absolute Gasteiger partial charge is 0.465 e. The summed E-state index contributed by atoms with van der Waals surface area (Å²) in [7, 11) is 1.33. The summed E-state index contributed by atoms with van der Waals surface area (Å²) in [6.07, 6.45) is 2.28. The second-order valence-corrected chi connectivity index (χ2v) is 6.08. The number of piperidine rings is 1. The lowest BCUT2D eigenvalue weighted by Gasteiger charge is -2.29. The highest BCUT2D eigenvalue weighted by molar-refractivity contribution is 7.14. The lowest BCUT2D eigenvalue weighted by molar-refractivity contribution is -0.117. The van der Waals surface area contributed by atoms with Gasteiger partial charge in [0.05, 0.1) is 19.2 Å². The number of likely N-dealkylation sites (tertiary alicyclic amines) is 1. The number of rotatable bonds is 4. The third-order valence-electron chi connectivity index (χ3n) is 3.57. The van der Waals surface area contributed by atoms with Gasteiger partial charge in [0, 0.05) is 0 Å². The second-order valence-electron chi connectivity index (χ2n) is 5.16. The summed E-state index contributed by atoms with van der Waals surface area (Å²) in [5.74, 6) is 0.248. The number of carbonyl (C=O) groups excluding carboxylic acids is 2. The minimum absolute atomic E-state index is 0.0767. The monoisotopic (exact) mass is 296 g/mol.